The summed E-state index contributed by atoms with van der Waals surface area (Å²) in [6, 6.07) is 7.26. The molecule has 0 amide bonds. The van der Waals surface area contributed by atoms with Crippen LogP contribution in [0, 0.1) is 18.3 Å². The zero-order valence-electron chi connectivity index (χ0n) is 8.73. The summed E-state index contributed by atoms with van der Waals surface area (Å²) in [5.41, 5.74) is 1.35. The number of hydrogen-bond donors (Lipinski definition) is 1. The largest absolute Gasteiger partial charge is 0.494 e. The van der Waals surface area contributed by atoms with E-state index in [9.17, 15) is 0 Å². The molecule has 0 bridgehead atoms. The molecule has 0 heterocycles. The Balaban J connectivity index is 3.06. The molecular formula is C12H14NO2. The lowest BCUT2D eigenvalue weighted by atomic mass is 10.00. The third-order valence-corrected chi connectivity index (χ3v) is 2.06. The normalized spacial score (nSPS) is 11.9. The highest BCUT2D eigenvalue weighted by Crippen LogP contribution is 2.22. The summed E-state index contributed by atoms with van der Waals surface area (Å²) in [6.45, 7) is 6.18. The summed E-state index contributed by atoms with van der Waals surface area (Å²) in [5, 5.41) is 17.8. The molecule has 1 rings (SSSR count). The summed E-state index contributed by atoms with van der Waals surface area (Å²) in [5.74, 6) is 0.422. The predicted molar refractivity (Wildman–Crippen MR) is 57.5 cm³/mol. The van der Waals surface area contributed by atoms with Gasteiger partial charge in [0.15, 0.2) is 0 Å². The van der Waals surface area contributed by atoms with Crippen LogP contribution in [0.15, 0.2) is 18.2 Å². The van der Waals surface area contributed by atoms with Crippen LogP contribution in [0.25, 0.3) is 0 Å². The quantitative estimate of drug-likeness (QED) is 0.814. The van der Waals surface area contributed by atoms with Crippen molar-refractivity contribution in [3.8, 4) is 11.8 Å². The zero-order chi connectivity index (χ0) is 11.3. The smallest absolute Gasteiger partial charge is 0.120 e. The van der Waals surface area contributed by atoms with Gasteiger partial charge in [-0.25, -0.2) is 0 Å². The van der Waals surface area contributed by atoms with Crippen LogP contribution >= 0.6 is 0 Å². The maximum absolute atomic E-state index is 8.99. The van der Waals surface area contributed by atoms with Gasteiger partial charge < -0.3 is 9.84 Å². The number of aliphatic hydroxyl groups is 1. The minimum absolute atomic E-state index is 0.0412. The second-order valence-electron chi connectivity index (χ2n) is 3.22. The van der Waals surface area contributed by atoms with Gasteiger partial charge in [0.2, 0.25) is 0 Å². The molecule has 1 radical (unpaired) electrons. The van der Waals surface area contributed by atoms with Crippen molar-refractivity contribution in [1.82, 2.24) is 0 Å². The molecule has 0 aliphatic rings. The van der Waals surface area contributed by atoms with Gasteiger partial charge in [-0.1, -0.05) is 0 Å². The zero-order valence-corrected chi connectivity index (χ0v) is 8.73. The van der Waals surface area contributed by atoms with Crippen molar-refractivity contribution in [2.24, 2.45) is 0 Å². The van der Waals surface area contributed by atoms with Crippen LogP contribution in [0.5, 0.6) is 5.75 Å². The Labute approximate surface area is 89.9 Å². The van der Waals surface area contributed by atoms with E-state index in [1.54, 1.807) is 18.2 Å². The Morgan fingerprint density at radius 1 is 1.53 bits per heavy atom. The van der Waals surface area contributed by atoms with Gasteiger partial charge in [0.05, 0.1) is 18.2 Å². The van der Waals surface area contributed by atoms with E-state index in [1.165, 1.54) is 0 Å². The summed E-state index contributed by atoms with van der Waals surface area (Å²) < 4.78 is 5.32. The fourth-order valence-corrected chi connectivity index (χ4v) is 1.28. The van der Waals surface area contributed by atoms with Crippen LogP contribution in [0.2, 0.25) is 0 Å². The van der Waals surface area contributed by atoms with Gasteiger partial charge in [0, 0.05) is 12.5 Å². The fourth-order valence-electron chi connectivity index (χ4n) is 1.28. The highest BCUT2D eigenvalue weighted by molar-refractivity contribution is 5.42. The second-order valence-corrected chi connectivity index (χ2v) is 3.22. The molecule has 3 nitrogen and oxygen atoms in total. The van der Waals surface area contributed by atoms with E-state index in [0.717, 1.165) is 5.56 Å². The minimum Gasteiger partial charge on any atom is -0.494 e. The first-order valence-corrected chi connectivity index (χ1v) is 4.83. The Morgan fingerprint density at radius 2 is 2.27 bits per heavy atom. The van der Waals surface area contributed by atoms with Crippen molar-refractivity contribution in [2.75, 3.05) is 13.2 Å². The first-order chi connectivity index (χ1) is 7.21. The van der Waals surface area contributed by atoms with Gasteiger partial charge in [0.25, 0.3) is 0 Å². The molecule has 1 unspecified atom stereocenters. The number of hydrogen-bond acceptors (Lipinski definition) is 3. The Bertz CT molecular complexity index is 368. The second kappa shape index (κ2) is 5.38. The lowest BCUT2D eigenvalue weighted by Gasteiger charge is -2.11. The number of ether oxygens (including phenoxy) is 1. The molecule has 0 saturated heterocycles. The number of nitrogens with zero attached hydrogens (tertiary/aromatic N) is 1. The van der Waals surface area contributed by atoms with Gasteiger partial charge in [-0.15, -0.1) is 0 Å². The van der Waals surface area contributed by atoms with Gasteiger partial charge in [-0.2, -0.15) is 5.26 Å². The van der Waals surface area contributed by atoms with Crippen molar-refractivity contribution in [3.63, 3.8) is 0 Å². The number of nitriles is 1. The molecule has 15 heavy (non-hydrogen) atoms. The van der Waals surface area contributed by atoms with Crippen LogP contribution in [0.1, 0.15) is 24.0 Å². The first-order valence-electron chi connectivity index (χ1n) is 4.83. The third kappa shape index (κ3) is 2.97. The first kappa shape index (κ1) is 11.5. The summed E-state index contributed by atoms with van der Waals surface area (Å²) in [4.78, 5) is 0. The van der Waals surface area contributed by atoms with Crippen LogP contribution in [0.3, 0.4) is 0 Å². The monoisotopic (exact) mass is 204 g/mol. The van der Waals surface area contributed by atoms with E-state index in [2.05, 4.69) is 13.0 Å². The Kier molecular flexibility index (Phi) is 4.14. The molecule has 1 N–H and O–H groups in total. The number of benzene rings is 1. The standard InChI is InChI=1S/C12H14NO2/c1-3-15-12-5-10(7-13)4-11(6-12)9(2)8-14/h4-6,9,14H,2-3,8H2,1H3. The molecule has 0 fully saturated rings. The lowest BCUT2D eigenvalue weighted by molar-refractivity contribution is 0.282. The molecule has 0 spiro atoms. The van der Waals surface area contributed by atoms with E-state index in [1.807, 2.05) is 6.92 Å². The van der Waals surface area contributed by atoms with Crippen molar-refractivity contribution >= 4 is 0 Å². The average Bonchev–Trinajstić information content (AvgIpc) is 2.28. The minimum atomic E-state index is -0.225. The van der Waals surface area contributed by atoms with Gasteiger partial charge in [-0.3, -0.25) is 0 Å². The van der Waals surface area contributed by atoms with E-state index in [0.29, 0.717) is 17.9 Å². The number of aliphatic hydroxyl groups excluding tert-OH is 1. The lowest BCUT2D eigenvalue weighted by Crippen LogP contribution is -2.01. The molecule has 0 aliphatic heterocycles. The summed E-state index contributed by atoms with van der Waals surface area (Å²) >= 11 is 0. The molecule has 1 atom stereocenters. The van der Waals surface area contributed by atoms with E-state index >= 15 is 0 Å². The van der Waals surface area contributed by atoms with E-state index < -0.39 is 0 Å². The summed E-state index contributed by atoms with van der Waals surface area (Å²) in [7, 11) is 0. The van der Waals surface area contributed by atoms with Gasteiger partial charge in [-0.05, 0) is 37.6 Å². The van der Waals surface area contributed by atoms with Crippen LogP contribution in [0.4, 0.5) is 0 Å². The molecule has 1 aromatic rings. The fraction of sp³-hybridized carbons (Fsp3) is 0.333. The van der Waals surface area contributed by atoms with E-state index in [4.69, 9.17) is 15.1 Å². The van der Waals surface area contributed by atoms with Crippen molar-refractivity contribution < 1.29 is 9.84 Å². The molecule has 0 aliphatic carbocycles. The van der Waals surface area contributed by atoms with Gasteiger partial charge >= 0.3 is 0 Å². The van der Waals surface area contributed by atoms with Crippen LogP contribution in [-0.2, 0) is 0 Å². The predicted octanol–water partition coefficient (Wildman–Crippen LogP) is 1.87. The SMILES string of the molecule is [CH2]C(CO)c1cc(C#N)cc(OCC)c1. The van der Waals surface area contributed by atoms with Gasteiger partial charge in [0.1, 0.15) is 5.75 Å². The Hall–Kier alpha value is -1.53. The van der Waals surface area contributed by atoms with Crippen LogP contribution in [-0.4, -0.2) is 18.3 Å². The highest BCUT2D eigenvalue weighted by Gasteiger charge is 2.07. The summed E-state index contributed by atoms with van der Waals surface area (Å²) in [6.07, 6.45) is 0. The maximum Gasteiger partial charge on any atom is 0.120 e. The molecule has 3 heteroatoms. The topological polar surface area (TPSA) is 53.2 Å². The van der Waals surface area contributed by atoms with Crippen molar-refractivity contribution in [1.29, 1.82) is 5.26 Å². The average molecular weight is 204 g/mol. The van der Waals surface area contributed by atoms with E-state index in [-0.39, 0.29) is 12.5 Å². The Morgan fingerprint density at radius 3 is 2.80 bits per heavy atom. The molecule has 1 aromatic carbocycles. The van der Waals surface area contributed by atoms with Crippen LogP contribution < -0.4 is 4.74 Å². The highest BCUT2D eigenvalue weighted by atomic mass is 16.5. The molecular weight excluding hydrogens is 190 g/mol. The third-order valence-electron chi connectivity index (χ3n) is 2.06. The molecule has 0 saturated carbocycles. The molecule has 79 valence electrons. The number of rotatable bonds is 4. The molecule has 0 aromatic heterocycles. The van der Waals surface area contributed by atoms with Crippen molar-refractivity contribution in [2.45, 2.75) is 12.8 Å². The van der Waals surface area contributed by atoms with Crippen molar-refractivity contribution in [3.05, 3.63) is 36.2 Å². The maximum atomic E-state index is 8.99.